The molecule has 0 bridgehead atoms. The summed E-state index contributed by atoms with van der Waals surface area (Å²) in [5, 5.41) is 0. The summed E-state index contributed by atoms with van der Waals surface area (Å²) in [4.78, 5) is 11.1. The zero-order chi connectivity index (χ0) is 20.9. The molecule has 2 unspecified atom stereocenters. The molecular weight excluding hydrogens is 393 g/mol. The predicted molar refractivity (Wildman–Crippen MR) is 105 cm³/mol. The van der Waals surface area contributed by atoms with Crippen LogP contribution in [0, 0.1) is 17.8 Å². The highest BCUT2D eigenvalue weighted by Gasteiger charge is 2.55. The summed E-state index contributed by atoms with van der Waals surface area (Å²) in [5.74, 6) is 2.90. The van der Waals surface area contributed by atoms with Crippen molar-refractivity contribution in [3.8, 4) is 0 Å². The van der Waals surface area contributed by atoms with Crippen molar-refractivity contribution in [3.63, 3.8) is 0 Å². The van der Waals surface area contributed by atoms with Crippen molar-refractivity contribution >= 4 is 11.0 Å². The van der Waals surface area contributed by atoms with E-state index < -0.39 is 11.7 Å². The molecule has 1 aliphatic carbocycles. The average molecular weight is 416 g/mol. The summed E-state index contributed by atoms with van der Waals surface area (Å²) in [6.45, 7) is 3.82. The molecule has 1 aliphatic heterocycles. The maximum Gasteiger partial charge on any atom is 0.417 e. The van der Waals surface area contributed by atoms with E-state index in [2.05, 4.69) is 27.6 Å². The number of piperidine rings is 1. The van der Waals surface area contributed by atoms with Crippen molar-refractivity contribution in [2.24, 2.45) is 24.8 Å². The highest BCUT2D eigenvalue weighted by Crippen LogP contribution is 2.52. The molecule has 0 spiro atoms. The summed E-state index contributed by atoms with van der Waals surface area (Å²) in [6.07, 6.45) is -3.49. The lowest BCUT2D eigenvalue weighted by Crippen LogP contribution is -2.26. The topological polar surface area (TPSA) is 43.2 Å². The molecule has 1 aromatic carbocycles. The third-order valence-electron chi connectivity index (χ3n) is 6.40. The minimum Gasteiger partial charge on any atom is -0.375 e. The van der Waals surface area contributed by atoms with Gasteiger partial charge in [-0.1, -0.05) is 12.1 Å². The first kappa shape index (κ1) is 19.5. The molecule has 0 radical (unpaired) electrons. The van der Waals surface area contributed by atoms with Gasteiger partial charge < -0.3 is 9.30 Å². The Balaban J connectivity index is 1.08. The molecule has 2 aromatic heterocycles. The van der Waals surface area contributed by atoms with Crippen LogP contribution in [0.1, 0.15) is 17.1 Å². The van der Waals surface area contributed by atoms with Gasteiger partial charge in [0.05, 0.1) is 42.0 Å². The van der Waals surface area contributed by atoms with E-state index in [-0.39, 0.29) is 6.61 Å². The number of ether oxygens (including phenoxy) is 1. The Hall–Kier alpha value is -2.45. The molecule has 2 atom stereocenters. The number of benzene rings is 1. The van der Waals surface area contributed by atoms with E-state index in [0.717, 1.165) is 48.8 Å². The van der Waals surface area contributed by atoms with Crippen molar-refractivity contribution in [2.75, 3.05) is 19.7 Å². The molecule has 8 heteroatoms. The molecule has 5 nitrogen and oxygen atoms in total. The average Bonchev–Trinajstić information content (AvgIpc) is 3.04. The SMILES string of the molecule is Cn1c(CN2CC3C(COCc4ccc(C(F)(F)F)cn4)C3C2)nc2ccccc21. The predicted octanol–water partition coefficient (Wildman–Crippen LogP) is 3.88. The van der Waals surface area contributed by atoms with Crippen LogP contribution in [0.5, 0.6) is 0 Å². The number of hydrogen-bond acceptors (Lipinski definition) is 4. The van der Waals surface area contributed by atoms with Crippen LogP contribution in [0.3, 0.4) is 0 Å². The highest BCUT2D eigenvalue weighted by molar-refractivity contribution is 5.75. The van der Waals surface area contributed by atoms with Gasteiger partial charge in [-0.2, -0.15) is 13.2 Å². The van der Waals surface area contributed by atoms with E-state index in [1.807, 2.05) is 18.2 Å². The van der Waals surface area contributed by atoms with E-state index in [4.69, 9.17) is 9.72 Å². The van der Waals surface area contributed by atoms with Gasteiger partial charge in [0.1, 0.15) is 5.82 Å². The van der Waals surface area contributed by atoms with Crippen molar-refractivity contribution in [1.29, 1.82) is 0 Å². The van der Waals surface area contributed by atoms with Crippen molar-refractivity contribution in [2.45, 2.75) is 19.3 Å². The number of nitrogens with zero attached hydrogens (tertiary/aromatic N) is 4. The lowest BCUT2D eigenvalue weighted by atomic mass is 10.2. The Morgan fingerprint density at radius 3 is 2.53 bits per heavy atom. The number of rotatable bonds is 6. The smallest absolute Gasteiger partial charge is 0.375 e. The van der Waals surface area contributed by atoms with Gasteiger partial charge in [-0.05, 0) is 42.0 Å². The number of fused-ring (bicyclic) bond motifs is 2. The second-order valence-electron chi connectivity index (χ2n) is 8.31. The molecule has 158 valence electrons. The van der Waals surface area contributed by atoms with Crippen LogP contribution in [-0.4, -0.2) is 39.1 Å². The first-order valence-corrected chi connectivity index (χ1v) is 10.1. The monoisotopic (exact) mass is 416 g/mol. The maximum absolute atomic E-state index is 12.6. The minimum atomic E-state index is -4.36. The Labute approximate surface area is 172 Å². The van der Waals surface area contributed by atoms with Crippen LogP contribution >= 0.6 is 0 Å². The molecule has 3 aromatic rings. The Bertz CT molecular complexity index is 1030. The number of likely N-dealkylation sites (tertiary alicyclic amines) is 1. The number of halogens is 3. The van der Waals surface area contributed by atoms with E-state index in [1.54, 1.807) is 0 Å². The normalized spacial score (nSPS) is 23.8. The van der Waals surface area contributed by atoms with E-state index in [0.29, 0.717) is 30.1 Å². The van der Waals surface area contributed by atoms with Gasteiger partial charge in [-0.3, -0.25) is 9.88 Å². The van der Waals surface area contributed by atoms with Crippen LogP contribution < -0.4 is 0 Å². The second-order valence-corrected chi connectivity index (χ2v) is 8.31. The number of hydrogen-bond donors (Lipinski definition) is 0. The molecule has 30 heavy (non-hydrogen) atoms. The third kappa shape index (κ3) is 3.70. The van der Waals surface area contributed by atoms with Crippen LogP contribution in [-0.2, 0) is 31.1 Å². The number of aromatic nitrogens is 3. The lowest BCUT2D eigenvalue weighted by Gasteiger charge is -2.19. The number of alkyl halides is 3. The molecule has 1 saturated carbocycles. The van der Waals surface area contributed by atoms with Gasteiger partial charge in [0.2, 0.25) is 0 Å². The van der Waals surface area contributed by atoms with E-state index >= 15 is 0 Å². The number of para-hydroxylation sites is 2. The summed E-state index contributed by atoms with van der Waals surface area (Å²) in [5.41, 5.74) is 1.98. The number of aryl methyl sites for hydroxylation is 1. The largest absolute Gasteiger partial charge is 0.417 e. The fraction of sp³-hybridized carbons (Fsp3) is 0.455. The lowest BCUT2D eigenvalue weighted by molar-refractivity contribution is -0.137. The molecule has 0 amide bonds. The molecular formula is C22H23F3N4O. The van der Waals surface area contributed by atoms with E-state index in [9.17, 15) is 13.2 Å². The molecule has 2 fully saturated rings. The van der Waals surface area contributed by atoms with Crippen LogP contribution in [0.25, 0.3) is 11.0 Å². The highest BCUT2D eigenvalue weighted by atomic mass is 19.4. The van der Waals surface area contributed by atoms with Crippen molar-refractivity contribution < 1.29 is 17.9 Å². The quantitative estimate of drug-likeness (QED) is 0.612. The van der Waals surface area contributed by atoms with Crippen LogP contribution in [0.15, 0.2) is 42.6 Å². The van der Waals surface area contributed by atoms with Crippen LogP contribution in [0.2, 0.25) is 0 Å². The molecule has 5 rings (SSSR count). The summed E-state index contributed by atoms with van der Waals surface area (Å²) in [7, 11) is 2.06. The van der Waals surface area contributed by atoms with E-state index in [1.165, 1.54) is 6.07 Å². The van der Waals surface area contributed by atoms with Gasteiger partial charge in [0.15, 0.2) is 0 Å². The van der Waals surface area contributed by atoms with Gasteiger partial charge in [0, 0.05) is 26.3 Å². The van der Waals surface area contributed by atoms with Crippen molar-refractivity contribution in [3.05, 3.63) is 59.7 Å². The second kappa shape index (κ2) is 7.35. The first-order valence-electron chi connectivity index (χ1n) is 10.1. The standard InChI is InChI=1S/C22H23F3N4O/c1-28-20-5-3-2-4-19(20)27-21(28)11-29-9-16-17(10-29)18(16)13-30-12-15-7-6-14(8-26-15)22(23,24)25/h2-8,16-18H,9-13H2,1H3. The zero-order valence-electron chi connectivity index (χ0n) is 16.6. The third-order valence-corrected chi connectivity index (χ3v) is 6.40. The maximum atomic E-state index is 12.6. The molecule has 2 aliphatic rings. The van der Waals surface area contributed by atoms with Gasteiger partial charge >= 0.3 is 6.18 Å². The summed E-state index contributed by atoms with van der Waals surface area (Å²) in [6, 6.07) is 10.6. The van der Waals surface area contributed by atoms with Crippen molar-refractivity contribution in [1.82, 2.24) is 19.4 Å². The van der Waals surface area contributed by atoms with Crippen LogP contribution in [0.4, 0.5) is 13.2 Å². The Kier molecular flexibility index (Phi) is 4.78. The first-order chi connectivity index (χ1) is 14.4. The zero-order valence-corrected chi connectivity index (χ0v) is 16.6. The number of imidazole rings is 1. The summed E-state index contributed by atoms with van der Waals surface area (Å²) < 4.78 is 45.6. The summed E-state index contributed by atoms with van der Waals surface area (Å²) >= 11 is 0. The Morgan fingerprint density at radius 2 is 1.87 bits per heavy atom. The van der Waals surface area contributed by atoms with Gasteiger partial charge in [-0.25, -0.2) is 4.98 Å². The van der Waals surface area contributed by atoms with Gasteiger partial charge in [-0.15, -0.1) is 0 Å². The van der Waals surface area contributed by atoms with Gasteiger partial charge in [0.25, 0.3) is 0 Å². The fourth-order valence-corrected chi connectivity index (χ4v) is 4.63. The fourth-order valence-electron chi connectivity index (χ4n) is 4.63. The minimum absolute atomic E-state index is 0.248. The molecule has 1 saturated heterocycles. The Morgan fingerprint density at radius 1 is 1.10 bits per heavy atom. The molecule has 0 N–H and O–H groups in total. The number of pyridine rings is 1. The molecule has 3 heterocycles.